The molecule has 1 heterocycles. The minimum Gasteiger partial charge on any atom is -0.455 e. The van der Waals surface area contributed by atoms with Gasteiger partial charge in [-0.15, -0.1) is 0 Å². The SMILES string of the molecule is C[C@@H]1C[C@H]1C(=O)OCC(=O)N1c2ccccc2Sc2ccc(Cl)cc21. The van der Waals surface area contributed by atoms with Crippen LogP contribution in [0.15, 0.2) is 52.3 Å². The van der Waals surface area contributed by atoms with Crippen molar-refractivity contribution in [3.05, 3.63) is 47.5 Å². The van der Waals surface area contributed by atoms with Crippen LogP contribution in [-0.4, -0.2) is 18.5 Å². The van der Waals surface area contributed by atoms with Crippen molar-refractivity contribution in [2.45, 2.75) is 23.1 Å². The maximum absolute atomic E-state index is 12.9. The molecule has 1 aliphatic heterocycles. The van der Waals surface area contributed by atoms with Gasteiger partial charge in [0, 0.05) is 14.8 Å². The average molecular weight is 374 g/mol. The molecule has 0 bridgehead atoms. The largest absolute Gasteiger partial charge is 0.455 e. The van der Waals surface area contributed by atoms with E-state index in [1.165, 1.54) is 0 Å². The van der Waals surface area contributed by atoms with Gasteiger partial charge in [-0.05, 0) is 42.7 Å². The summed E-state index contributed by atoms with van der Waals surface area (Å²) in [6.07, 6.45) is 0.842. The summed E-state index contributed by atoms with van der Waals surface area (Å²) < 4.78 is 5.24. The Balaban J connectivity index is 1.62. The fourth-order valence-corrected chi connectivity index (χ4v) is 4.16. The number of amides is 1. The number of hydrogen-bond donors (Lipinski definition) is 0. The molecule has 0 unspecified atom stereocenters. The molecule has 1 fully saturated rings. The van der Waals surface area contributed by atoms with E-state index in [4.69, 9.17) is 16.3 Å². The minimum absolute atomic E-state index is 0.0567. The zero-order valence-electron chi connectivity index (χ0n) is 13.6. The standard InChI is InChI=1S/C19H16ClNO3S/c1-11-8-13(11)19(23)24-10-18(22)21-14-4-2-3-5-16(14)25-17-7-6-12(20)9-15(17)21/h2-7,9,11,13H,8,10H2,1H3/t11-,13-/m1/s1. The number of benzene rings is 2. The summed E-state index contributed by atoms with van der Waals surface area (Å²) in [6.45, 7) is 1.73. The molecule has 0 spiro atoms. The van der Waals surface area contributed by atoms with Gasteiger partial charge in [-0.3, -0.25) is 14.5 Å². The molecule has 2 aromatic rings. The van der Waals surface area contributed by atoms with Crippen molar-refractivity contribution in [2.24, 2.45) is 11.8 Å². The van der Waals surface area contributed by atoms with Gasteiger partial charge in [-0.2, -0.15) is 0 Å². The number of anilines is 2. The van der Waals surface area contributed by atoms with E-state index < -0.39 is 0 Å². The van der Waals surface area contributed by atoms with E-state index in [9.17, 15) is 9.59 Å². The molecule has 1 saturated carbocycles. The normalized spacial score (nSPS) is 20.5. The van der Waals surface area contributed by atoms with E-state index in [1.54, 1.807) is 28.8 Å². The van der Waals surface area contributed by atoms with E-state index in [2.05, 4.69) is 0 Å². The lowest BCUT2D eigenvalue weighted by atomic mass is 10.2. The molecular weight excluding hydrogens is 358 g/mol. The number of ether oxygens (including phenoxy) is 1. The number of carbonyl (C=O) groups is 2. The van der Waals surface area contributed by atoms with Gasteiger partial charge >= 0.3 is 5.97 Å². The van der Waals surface area contributed by atoms with Gasteiger partial charge in [0.1, 0.15) is 0 Å². The lowest BCUT2D eigenvalue weighted by Gasteiger charge is -2.31. The zero-order valence-corrected chi connectivity index (χ0v) is 15.1. The Labute approximate surface area is 155 Å². The molecule has 0 aromatic heterocycles. The second-order valence-corrected chi connectivity index (χ2v) is 7.86. The third-order valence-electron chi connectivity index (χ3n) is 4.49. The molecule has 1 aliphatic carbocycles. The lowest BCUT2D eigenvalue weighted by Crippen LogP contribution is -2.32. The van der Waals surface area contributed by atoms with E-state index in [0.717, 1.165) is 27.6 Å². The van der Waals surface area contributed by atoms with Gasteiger partial charge in [-0.1, -0.05) is 42.4 Å². The lowest BCUT2D eigenvalue weighted by molar-refractivity contribution is -0.149. The number of nitrogens with zero attached hydrogens (tertiary/aromatic N) is 1. The van der Waals surface area contributed by atoms with Crippen LogP contribution in [-0.2, 0) is 14.3 Å². The average Bonchev–Trinajstić information content (AvgIpc) is 3.34. The van der Waals surface area contributed by atoms with Gasteiger partial charge in [0.2, 0.25) is 0 Å². The fraction of sp³-hybridized carbons (Fsp3) is 0.263. The van der Waals surface area contributed by atoms with Crippen molar-refractivity contribution in [1.29, 1.82) is 0 Å². The molecule has 0 radical (unpaired) electrons. The topological polar surface area (TPSA) is 46.6 Å². The van der Waals surface area contributed by atoms with Crippen LogP contribution in [0, 0.1) is 11.8 Å². The smallest absolute Gasteiger partial charge is 0.309 e. The third-order valence-corrected chi connectivity index (χ3v) is 5.85. The number of esters is 1. The first-order chi connectivity index (χ1) is 12.0. The van der Waals surface area contributed by atoms with Crippen LogP contribution in [0.3, 0.4) is 0 Å². The maximum atomic E-state index is 12.9. The van der Waals surface area contributed by atoms with Crippen LogP contribution in [0.25, 0.3) is 0 Å². The summed E-state index contributed by atoms with van der Waals surface area (Å²) in [6, 6.07) is 13.1. The fourth-order valence-electron chi connectivity index (χ4n) is 2.95. The van der Waals surface area contributed by atoms with Crippen LogP contribution in [0.5, 0.6) is 0 Å². The molecule has 1 amide bonds. The van der Waals surface area contributed by atoms with E-state index in [1.807, 2.05) is 37.3 Å². The van der Waals surface area contributed by atoms with Crippen molar-refractivity contribution in [3.63, 3.8) is 0 Å². The highest BCUT2D eigenvalue weighted by molar-refractivity contribution is 7.99. The number of rotatable bonds is 3. The van der Waals surface area contributed by atoms with Crippen molar-refractivity contribution in [2.75, 3.05) is 11.5 Å². The first-order valence-corrected chi connectivity index (χ1v) is 9.30. The van der Waals surface area contributed by atoms with Crippen LogP contribution >= 0.6 is 23.4 Å². The van der Waals surface area contributed by atoms with Crippen molar-refractivity contribution < 1.29 is 14.3 Å². The van der Waals surface area contributed by atoms with Gasteiger partial charge in [0.25, 0.3) is 5.91 Å². The van der Waals surface area contributed by atoms with Gasteiger partial charge in [0.05, 0.1) is 17.3 Å². The molecule has 0 saturated heterocycles. The second-order valence-electron chi connectivity index (χ2n) is 6.34. The number of fused-ring (bicyclic) bond motifs is 2. The highest BCUT2D eigenvalue weighted by atomic mass is 35.5. The Morgan fingerprint density at radius 3 is 2.68 bits per heavy atom. The quantitative estimate of drug-likeness (QED) is 0.733. The Morgan fingerprint density at radius 2 is 1.92 bits per heavy atom. The van der Waals surface area contributed by atoms with Gasteiger partial charge in [0.15, 0.2) is 6.61 Å². The Morgan fingerprint density at radius 1 is 1.20 bits per heavy atom. The van der Waals surface area contributed by atoms with E-state index >= 15 is 0 Å². The number of hydrogen-bond acceptors (Lipinski definition) is 4. The highest BCUT2D eigenvalue weighted by Gasteiger charge is 2.41. The molecule has 2 aliphatic rings. The Bertz CT molecular complexity index is 869. The highest BCUT2D eigenvalue weighted by Crippen LogP contribution is 2.48. The van der Waals surface area contributed by atoms with Crippen LogP contribution in [0.1, 0.15) is 13.3 Å². The van der Waals surface area contributed by atoms with Gasteiger partial charge in [-0.25, -0.2) is 0 Å². The molecular formula is C19H16ClNO3S. The number of carbonyl (C=O) groups excluding carboxylic acids is 2. The molecule has 2 atom stereocenters. The summed E-state index contributed by atoms with van der Waals surface area (Å²) in [7, 11) is 0. The Hall–Kier alpha value is -1.98. The maximum Gasteiger partial charge on any atom is 0.309 e. The summed E-state index contributed by atoms with van der Waals surface area (Å²) in [5.74, 6) is -0.266. The van der Waals surface area contributed by atoms with E-state index in [0.29, 0.717) is 10.9 Å². The molecule has 4 nitrogen and oxygen atoms in total. The molecule has 128 valence electrons. The van der Waals surface area contributed by atoms with Crippen LogP contribution in [0.2, 0.25) is 5.02 Å². The monoisotopic (exact) mass is 373 g/mol. The third kappa shape index (κ3) is 3.14. The second kappa shape index (κ2) is 6.39. The van der Waals surface area contributed by atoms with Crippen LogP contribution in [0.4, 0.5) is 11.4 Å². The summed E-state index contributed by atoms with van der Waals surface area (Å²) >= 11 is 7.73. The first kappa shape index (κ1) is 16.5. The molecule has 6 heteroatoms. The van der Waals surface area contributed by atoms with E-state index in [-0.39, 0.29) is 24.4 Å². The predicted molar refractivity (Wildman–Crippen MR) is 97.4 cm³/mol. The summed E-state index contributed by atoms with van der Waals surface area (Å²) in [5.41, 5.74) is 1.50. The molecule has 2 aromatic carbocycles. The van der Waals surface area contributed by atoms with Gasteiger partial charge < -0.3 is 4.74 Å². The summed E-state index contributed by atoms with van der Waals surface area (Å²) in [4.78, 5) is 28.3. The predicted octanol–water partition coefficient (Wildman–Crippen LogP) is 4.67. The zero-order chi connectivity index (χ0) is 17.6. The van der Waals surface area contributed by atoms with Crippen molar-refractivity contribution >= 4 is 46.6 Å². The van der Waals surface area contributed by atoms with Crippen molar-refractivity contribution in [1.82, 2.24) is 0 Å². The summed E-state index contributed by atoms with van der Waals surface area (Å²) in [5, 5.41) is 0.556. The Kier molecular flexibility index (Phi) is 4.21. The molecule has 4 rings (SSSR count). The number of halogens is 1. The molecule has 0 N–H and O–H groups in total. The first-order valence-electron chi connectivity index (χ1n) is 8.10. The molecule has 25 heavy (non-hydrogen) atoms. The number of para-hydroxylation sites is 1. The van der Waals surface area contributed by atoms with Crippen molar-refractivity contribution in [3.8, 4) is 0 Å². The minimum atomic E-state index is -0.285. The van der Waals surface area contributed by atoms with Crippen LogP contribution < -0.4 is 4.90 Å².